The van der Waals surface area contributed by atoms with Gasteiger partial charge in [0.1, 0.15) is 5.69 Å². The molecule has 0 spiro atoms. The first-order valence-corrected chi connectivity index (χ1v) is 5.99. The number of rotatable bonds is 6. The van der Waals surface area contributed by atoms with Crippen molar-refractivity contribution in [2.75, 3.05) is 0 Å². The second kappa shape index (κ2) is 6.44. The third kappa shape index (κ3) is 3.74. The smallest absolute Gasteiger partial charge is 0.220 e. The lowest BCUT2D eigenvalue weighted by Gasteiger charge is -2.00. The van der Waals surface area contributed by atoms with Gasteiger partial charge in [-0.15, -0.1) is 11.7 Å². The lowest BCUT2D eigenvalue weighted by atomic mass is 10.3. The topological polar surface area (TPSA) is 72.7 Å². The Bertz CT molecular complexity index is 549. The molecule has 6 heteroatoms. The number of nitrogens with one attached hydrogen (secondary N) is 1. The molecule has 0 atom stereocenters. The Labute approximate surface area is 111 Å². The Balaban J connectivity index is 1.91. The number of aromatic nitrogens is 4. The molecule has 0 aromatic carbocycles. The Hall–Kier alpha value is -2.50. The highest BCUT2D eigenvalue weighted by molar-refractivity contribution is 5.75. The van der Waals surface area contributed by atoms with Gasteiger partial charge in [-0.25, -0.2) is 4.68 Å². The average Bonchev–Trinajstić information content (AvgIpc) is 2.93. The molecule has 0 aliphatic rings. The predicted octanol–water partition coefficient (Wildman–Crippen LogP) is 1.24. The largest absolute Gasteiger partial charge is 0.350 e. The molecular weight excluding hydrogens is 242 g/mol. The van der Waals surface area contributed by atoms with Crippen molar-refractivity contribution >= 4 is 5.91 Å². The second-order valence-corrected chi connectivity index (χ2v) is 3.96. The maximum Gasteiger partial charge on any atom is 0.220 e. The van der Waals surface area contributed by atoms with E-state index in [1.807, 2.05) is 12.1 Å². The summed E-state index contributed by atoms with van der Waals surface area (Å²) in [5.41, 5.74) is 1.59. The highest BCUT2D eigenvalue weighted by Gasteiger charge is 2.04. The van der Waals surface area contributed by atoms with Crippen LogP contribution in [-0.2, 0) is 11.3 Å². The molecule has 1 N–H and O–H groups in total. The second-order valence-electron chi connectivity index (χ2n) is 3.96. The molecule has 98 valence electrons. The molecule has 0 aliphatic carbocycles. The third-order valence-corrected chi connectivity index (χ3v) is 2.51. The normalized spacial score (nSPS) is 10.1. The van der Waals surface area contributed by atoms with Crippen molar-refractivity contribution in [3.63, 3.8) is 0 Å². The zero-order chi connectivity index (χ0) is 13.5. The Morgan fingerprint density at radius 1 is 1.42 bits per heavy atom. The Morgan fingerprint density at radius 2 is 2.21 bits per heavy atom. The van der Waals surface area contributed by atoms with Gasteiger partial charge in [-0.3, -0.25) is 9.78 Å². The van der Waals surface area contributed by atoms with Crippen molar-refractivity contribution in [3.8, 4) is 5.69 Å². The monoisotopic (exact) mass is 257 g/mol. The van der Waals surface area contributed by atoms with Gasteiger partial charge in [-0.05, 0) is 18.6 Å². The van der Waals surface area contributed by atoms with E-state index in [-0.39, 0.29) is 5.91 Å². The fourth-order valence-electron chi connectivity index (χ4n) is 1.51. The molecule has 0 aliphatic heterocycles. The van der Waals surface area contributed by atoms with Crippen LogP contribution in [0.5, 0.6) is 0 Å². The van der Waals surface area contributed by atoms with E-state index in [1.54, 1.807) is 29.3 Å². The van der Waals surface area contributed by atoms with Gasteiger partial charge in [0, 0.05) is 18.8 Å². The van der Waals surface area contributed by atoms with Gasteiger partial charge < -0.3 is 5.32 Å². The van der Waals surface area contributed by atoms with E-state index >= 15 is 0 Å². The van der Waals surface area contributed by atoms with Crippen molar-refractivity contribution in [1.82, 2.24) is 25.3 Å². The zero-order valence-electron chi connectivity index (χ0n) is 10.5. The minimum atomic E-state index is -0.0154. The van der Waals surface area contributed by atoms with Gasteiger partial charge >= 0.3 is 0 Å². The number of allylic oxidation sites excluding steroid dienone is 1. The van der Waals surface area contributed by atoms with Crippen LogP contribution in [0.15, 0.2) is 43.4 Å². The average molecular weight is 257 g/mol. The summed E-state index contributed by atoms with van der Waals surface area (Å²) in [5, 5.41) is 10.8. The lowest BCUT2D eigenvalue weighted by Crippen LogP contribution is -2.22. The minimum absolute atomic E-state index is 0.0154. The molecule has 0 bridgehead atoms. The van der Waals surface area contributed by atoms with E-state index in [9.17, 15) is 4.79 Å². The molecule has 0 saturated heterocycles. The van der Waals surface area contributed by atoms with Crippen molar-refractivity contribution in [2.45, 2.75) is 19.4 Å². The summed E-state index contributed by atoms with van der Waals surface area (Å²) < 4.78 is 1.65. The molecule has 0 radical (unpaired) electrons. The highest BCUT2D eigenvalue weighted by Crippen LogP contribution is 2.04. The van der Waals surface area contributed by atoms with Crippen LogP contribution in [0.4, 0.5) is 0 Å². The van der Waals surface area contributed by atoms with Crippen LogP contribution >= 0.6 is 0 Å². The number of pyridine rings is 1. The molecule has 0 fully saturated rings. The molecule has 2 aromatic rings. The first kappa shape index (κ1) is 12.9. The summed E-state index contributed by atoms with van der Waals surface area (Å²) in [6, 6.07) is 3.67. The number of carbonyl (C=O) groups is 1. The maximum absolute atomic E-state index is 11.4. The third-order valence-electron chi connectivity index (χ3n) is 2.51. The minimum Gasteiger partial charge on any atom is -0.350 e. The molecule has 0 saturated carbocycles. The van der Waals surface area contributed by atoms with E-state index < -0.39 is 0 Å². The van der Waals surface area contributed by atoms with Crippen molar-refractivity contribution < 1.29 is 4.79 Å². The van der Waals surface area contributed by atoms with E-state index in [0.29, 0.717) is 25.1 Å². The standard InChI is InChI=1S/C13H15N5O/c1-2-3-4-13(19)15-9-11-10-18(17-16-11)12-5-7-14-8-6-12/h2,5-8,10H,1,3-4,9H2,(H,15,19). The summed E-state index contributed by atoms with van der Waals surface area (Å²) in [6.45, 7) is 3.95. The van der Waals surface area contributed by atoms with E-state index in [2.05, 4.69) is 27.2 Å². The van der Waals surface area contributed by atoms with Gasteiger partial charge in [0.05, 0.1) is 18.4 Å². The van der Waals surface area contributed by atoms with Crippen LogP contribution in [0.1, 0.15) is 18.5 Å². The van der Waals surface area contributed by atoms with E-state index in [0.717, 1.165) is 5.69 Å². The fourth-order valence-corrected chi connectivity index (χ4v) is 1.51. The lowest BCUT2D eigenvalue weighted by molar-refractivity contribution is -0.121. The number of nitrogens with zero attached hydrogens (tertiary/aromatic N) is 4. The van der Waals surface area contributed by atoms with Crippen molar-refractivity contribution in [3.05, 3.63) is 49.1 Å². The van der Waals surface area contributed by atoms with Crippen LogP contribution in [0.25, 0.3) is 5.69 Å². The van der Waals surface area contributed by atoms with Crippen LogP contribution in [0, 0.1) is 0 Å². The van der Waals surface area contributed by atoms with E-state index in [4.69, 9.17) is 0 Å². The van der Waals surface area contributed by atoms with Crippen LogP contribution in [0.3, 0.4) is 0 Å². The molecule has 2 heterocycles. The van der Waals surface area contributed by atoms with Gasteiger partial charge in [0.25, 0.3) is 0 Å². The first-order chi connectivity index (χ1) is 9.29. The molecule has 2 rings (SSSR count). The van der Waals surface area contributed by atoms with Crippen LogP contribution in [-0.4, -0.2) is 25.9 Å². The van der Waals surface area contributed by atoms with E-state index in [1.165, 1.54) is 0 Å². The number of hydrogen-bond acceptors (Lipinski definition) is 4. The molecular formula is C13H15N5O. The summed E-state index contributed by atoms with van der Waals surface area (Å²) in [6.07, 6.45) is 8.00. The molecule has 6 nitrogen and oxygen atoms in total. The number of hydrogen-bond donors (Lipinski definition) is 1. The quantitative estimate of drug-likeness (QED) is 0.790. The maximum atomic E-state index is 11.4. The Kier molecular flexibility index (Phi) is 4.39. The SMILES string of the molecule is C=CCCC(=O)NCc1cn(-c2ccncc2)nn1. The molecule has 2 aromatic heterocycles. The van der Waals surface area contributed by atoms with Gasteiger partial charge in [0.15, 0.2) is 0 Å². The summed E-state index contributed by atoms with van der Waals surface area (Å²) >= 11 is 0. The molecule has 1 amide bonds. The van der Waals surface area contributed by atoms with Crippen molar-refractivity contribution in [2.24, 2.45) is 0 Å². The van der Waals surface area contributed by atoms with Gasteiger partial charge in [0.2, 0.25) is 5.91 Å². The summed E-state index contributed by atoms with van der Waals surface area (Å²) in [4.78, 5) is 15.4. The predicted molar refractivity (Wildman–Crippen MR) is 70.4 cm³/mol. The number of carbonyl (C=O) groups excluding carboxylic acids is 1. The summed E-state index contributed by atoms with van der Waals surface area (Å²) in [5.74, 6) is -0.0154. The number of amides is 1. The van der Waals surface area contributed by atoms with Gasteiger partial charge in [-0.1, -0.05) is 11.3 Å². The molecule has 0 unspecified atom stereocenters. The van der Waals surface area contributed by atoms with Crippen molar-refractivity contribution in [1.29, 1.82) is 0 Å². The zero-order valence-corrected chi connectivity index (χ0v) is 10.5. The summed E-state index contributed by atoms with van der Waals surface area (Å²) in [7, 11) is 0. The highest BCUT2D eigenvalue weighted by atomic mass is 16.1. The van der Waals surface area contributed by atoms with Crippen LogP contribution < -0.4 is 5.32 Å². The fraction of sp³-hybridized carbons (Fsp3) is 0.231. The van der Waals surface area contributed by atoms with Gasteiger partial charge in [-0.2, -0.15) is 0 Å². The molecule has 19 heavy (non-hydrogen) atoms. The Morgan fingerprint density at radius 3 is 2.95 bits per heavy atom. The first-order valence-electron chi connectivity index (χ1n) is 5.99. The van der Waals surface area contributed by atoms with Crippen LogP contribution in [0.2, 0.25) is 0 Å².